The van der Waals surface area contributed by atoms with Crippen LogP contribution < -0.4 is 15.5 Å². The Morgan fingerprint density at radius 2 is 1.88 bits per heavy atom. The van der Waals surface area contributed by atoms with Crippen LogP contribution >= 0.6 is 11.6 Å². The van der Waals surface area contributed by atoms with E-state index < -0.39 is 30.1 Å². The molecule has 2 aromatic carbocycles. The van der Waals surface area contributed by atoms with Gasteiger partial charge in [-0.25, -0.2) is 9.79 Å². The van der Waals surface area contributed by atoms with E-state index in [2.05, 4.69) is 15.6 Å². The van der Waals surface area contributed by atoms with Crippen LogP contribution in [-0.4, -0.2) is 48.0 Å². The Morgan fingerprint density at radius 1 is 1.19 bits per heavy atom. The number of nitrogens with zero attached hydrogens (tertiary/aromatic N) is 2. The lowest BCUT2D eigenvalue weighted by atomic mass is 10.0. The first-order chi connectivity index (χ1) is 15.2. The summed E-state index contributed by atoms with van der Waals surface area (Å²) < 4.78 is 0. The number of fused-ring (bicyclic) bond motifs is 1. The number of rotatable bonds is 6. The second kappa shape index (κ2) is 9.82. The molecular formula is C23H25ClN4O4. The predicted molar refractivity (Wildman–Crippen MR) is 123 cm³/mol. The molecule has 0 aliphatic carbocycles. The van der Waals surface area contributed by atoms with Crippen LogP contribution in [0.4, 0.5) is 10.5 Å². The fourth-order valence-electron chi connectivity index (χ4n) is 3.55. The van der Waals surface area contributed by atoms with Crippen molar-refractivity contribution in [3.63, 3.8) is 0 Å². The lowest BCUT2D eigenvalue weighted by Crippen LogP contribution is -2.53. The fraction of sp³-hybridized carbons (Fsp3) is 0.304. The van der Waals surface area contributed by atoms with Crippen LogP contribution in [-0.2, 0) is 9.59 Å². The van der Waals surface area contributed by atoms with Crippen LogP contribution in [0.2, 0.25) is 5.02 Å². The molecule has 3 N–H and O–H groups in total. The van der Waals surface area contributed by atoms with Crippen molar-refractivity contribution in [2.24, 2.45) is 10.9 Å². The van der Waals surface area contributed by atoms with Gasteiger partial charge in [0.1, 0.15) is 6.04 Å². The minimum Gasteiger partial charge on any atom is -0.465 e. The molecule has 0 aromatic heterocycles. The van der Waals surface area contributed by atoms with Gasteiger partial charge in [0.2, 0.25) is 12.1 Å². The van der Waals surface area contributed by atoms with E-state index in [4.69, 9.17) is 16.7 Å². The van der Waals surface area contributed by atoms with Gasteiger partial charge in [-0.15, -0.1) is 0 Å². The third kappa shape index (κ3) is 5.26. The van der Waals surface area contributed by atoms with Crippen molar-refractivity contribution in [1.82, 2.24) is 10.6 Å². The van der Waals surface area contributed by atoms with Gasteiger partial charge < -0.3 is 20.6 Å². The number of halogens is 1. The zero-order chi connectivity index (χ0) is 23.4. The third-order valence-electron chi connectivity index (χ3n) is 5.05. The molecule has 0 fully saturated rings. The van der Waals surface area contributed by atoms with Crippen molar-refractivity contribution in [3.8, 4) is 0 Å². The van der Waals surface area contributed by atoms with Crippen LogP contribution in [0.25, 0.3) is 0 Å². The quantitative estimate of drug-likeness (QED) is 0.619. The molecule has 1 aliphatic heterocycles. The van der Waals surface area contributed by atoms with E-state index in [9.17, 15) is 14.4 Å². The molecule has 0 saturated carbocycles. The summed E-state index contributed by atoms with van der Waals surface area (Å²) in [4.78, 5) is 43.3. The molecule has 8 nitrogen and oxygen atoms in total. The first-order valence-electron chi connectivity index (χ1n) is 10.2. The first kappa shape index (κ1) is 23.3. The fourth-order valence-corrected chi connectivity index (χ4v) is 3.73. The van der Waals surface area contributed by atoms with Gasteiger partial charge in [-0.1, -0.05) is 55.8 Å². The van der Waals surface area contributed by atoms with Crippen LogP contribution in [0.15, 0.2) is 53.5 Å². The number of carbonyl (C=O) groups is 3. The molecule has 3 rings (SSSR count). The van der Waals surface area contributed by atoms with Gasteiger partial charge in [-0.2, -0.15) is 0 Å². The topological polar surface area (TPSA) is 111 Å². The summed E-state index contributed by atoms with van der Waals surface area (Å²) in [5.74, 6) is -1.01. The second-order valence-electron chi connectivity index (χ2n) is 7.95. The molecule has 9 heteroatoms. The Bertz CT molecular complexity index is 1060. The second-order valence-corrected chi connectivity index (χ2v) is 8.38. The summed E-state index contributed by atoms with van der Waals surface area (Å²) in [5.41, 5.74) is 2.50. The number of nitrogens with one attached hydrogen (secondary N) is 2. The van der Waals surface area contributed by atoms with Gasteiger partial charge in [0, 0.05) is 23.2 Å². The van der Waals surface area contributed by atoms with Gasteiger partial charge in [0.05, 0.1) is 11.4 Å². The maximum absolute atomic E-state index is 13.2. The monoisotopic (exact) mass is 456 g/mol. The molecular weight excluding hydrogens is 432 g/mol. The van der Waals surface area contributed by atoms with E-state index >= 15 is 0 Å². The molecule has 2 aromatic rings. The third-order valence-corrected chi connectivity index (χ3v) is 5.28. The Balaban J connectivity index is 2.04. The minimum absolute atomic E-state index is 0.0555. The summed E-state index contributed by atoms with van der Waals surface area (Å²) in [6, 6.07) is 13.4. The Hall–Kier alpha value is -3.39. The van der Waals surface area contributed by atoms with Crippen LogP contribution in [0, 0.1) is 5.92 Å². The molecule has 0 saturated heterocycles. The van der Waals surface area contributed by atoms with E-state index in [0.717, 1.165) is 5.56 Å². The van der Waals surface area contributed by atoms with E-state index in [1.165, 1.54) is 4.90 Å². The lowest BCUT2D eigenvalue weighted by Gasteiger charge is -2.23. The smallest absolute Gasteiger partial charge is 0.405 e. The van der Waals surface area contributed by atoms with Crippen molar-refractivity contribution in [2.45, 2.75) is 32.5 Å². The number of anilines is 1. The van der Waals surface area contributed by atoms with Gasteiger partial charge >= 0.3 is 6.09 Å². The molecule has 168 valence electrons. The Labute approximate surface area is 191 Å². The minimum atomic E-state index is -1.31. The normalized spacial score (nSPS) is 16.7. The molecule has 2 atom stereocenters. The zero-order valence-corrected chi connectivity index (χ0v) is 18.8. The molecule has 0 radical (unpaired) electrons. The highest BCUT2D eigenvalue weighted by Gasteiger charge is 2.33. The molecule has 0 bridgehead atoms. The van der Waals surface area contributed by atoms with Gasteiger partial charge in [0.25, 0.3) is 5.91 Å². The van der Waals surface area contributed by atoms with E-state index in [-0.39, 0.29) is 12.3 Å². The number of benzene rings is 2. The average molecular weight is 457 g/mol. The lowest BCUT2D eigenvalue weighted by molar-refractivity contribution is -0.128. The van der Waals surface area contributed by atoms with E-state index in [1.807, 2.05) is 44.2 Å². The maximum Gasteiger partial charge on any atom is 0.405 e. The van der Waals surface area contributed by atoms with Crippen molar-refractivity contribution in [1.29, 1.82) is 0 Å². The Kier molecular flexibility index (Phi) is 7.15. The van der Waals surface area contributed by atoms with Crippen LogP contribution in [0.3, 0.4) is 0 Å². The van der Waals surface area contributed by atoms with Gasteiger partial charge in [0.15, 0.2) is 0 Å². The standard InChI is InChI=1S/C23H25ClN4O4/c1-13(2)11-17(25-23(31)32)21(29)27-20-22(30)28(3)18-10-9-15(24)12-16(18)19(26-20)14-7-5-4-6-8-14/h4-10,12-13,17,20,25H,11H2,1-3H3,(H,27,29)(H,31,32). The number of amides is 3. The SMILES string of the molecule is CC(C)CC(NC(=O)O)C(=O)NC1N=C(c2ccccc2)c2cc(Cl)ccc2N(C)C1=O. The summed E-state index contributed by atoms with van der Waals surface area (Å²) in [6.07, 6.45) is -2.27. The highest BCUT2D eigenvalue weighted by molar-refractivity contribution is 6.32. The van der Waals surface area contributed by atoms with Crippen molar-refractivity contribution >= 4 is 40.9 Å². The largest absolute Gasteiger partial charge is 0.465 e. The van der Waals surface area contributed by atoms with Crippen molar-refractivity contribution in [3.05, 3.63) is 64.7 Å². The number of carboxylic acid groups (broad SMARTS) is 1. The number of hydrogen-bond donors (Lipinski definition) is 3. The summed E-state index contributed by atoms with van der Waals surface area (Å²) in [5, 5.41) is 14.5. The summed E-state index contributed by atoms with van der Waals surface area (Å²) in [6.45, 7) is 3.75. The Morgan fingerprint density at radius 3 is 2.50 bits per heavy atom. The number of aliphatic imine (C=N–C) groups is 1. The maximum atomic E-state index is 13.2. The van der Waals surface area contributed by atoms with E-state index in [0.29, 0.717) is 22.0 Å². The molecule has 32 heavy (non-hydrogen) atoms. The molecule has 1 heterocycles. The van der Waals surface area contributed by atoms with Crippen molar-refractivity contribution < 1.29 is 19.5 Å². The summed E-state index contributed by atoms with van der Waals surface area (Å²) in [7, 11) is 1.60. The first-order valence-corrected chi connectivity index (χ1v) is 10.6. The number of hydrogen-bond acceptors (Lipinski definition) is 4. The predicted octanol–water partition coefficient (Wildman–Crippen LogP) is 3.28. The molecule has 2 unspecified atom stereocenters. The van der Waals surface area contributed by atoms with Crippen molar-refractivity contribution in [2.75, 3.05) is 11.9 Å². The summed E-state index contributed by atoms with van der Waals surface area (Å²) >= 11 is 6.23. The highest BCUT2D eigenvalue weighted by Crippen LogP contribution is 2.29. The van der Waals surface area contributed by atoms with Crippen LogP contribution in [0.5, 0.6) is 0 Å². The molecule has 0 spiro atoms. The van der Waals surface area contributed by atoms with Gasteiger partial charge in [-0.05, 0) is 30.5 Å². The van der Waals surface area contributed by atoms with Crippen LogP contribution in [0.1, 0.15) is 31.4 Å². The number of carbonyl (C=O) groups excluding carboxylic acids is 2. The molecule has 1 aliphatic rings. The average Bonchev–Trinajstić information content (AvgIpc) is 2.83. The zero-order valence-electron chi connectivity index (χ0n) is 18.0. The van der Waals surface area contributed by atoms with Gasteiger partial charge in [-0.3, -0.25) is 9.59 Å². The highest BCUT2D eigenvalue weighted by atomic mass is 35.5. The molecule has 3 amide bonds. The number of likely N-dealkylation sites (N-methyl/N-ethyl adjacent to an activating group) is 1. The van der Waals surface area contributed by atoms with E-state index in [1.54, 1.807) is 25.2 Å². The number of benzodiazepines with no additional fused rings is 1.